The Hall–Kier alpha value is -3.59. The molecule has 0 fully saturated rings. The molecule has 0 aliphatic rings. The van der Waals surface area contributed by atoms with Crippen molar-refractivity contribution < 1.29 is 18.0 Å². The van der Waals surface area contributed by atoms with Gasteiger partial charge in [-0.05, 0) is 43.2 Å². The third-order valence-electron chi connectivity index (χ3n) is 5.31. The summed E-state index contributed by atoms with van der Waals surface area (Å²) >= 11 is 1.27. The van der Waals surface area contributed by atoms with Crippen LogP contribution in [0.5, 0.6) is 0 Å². The second-order valence-electron chi connectivity index (χ2n) is 7.52. The minimum Gasteiger partial charge on any atom is -0.366 e. The number of aryl methyl sites for hydroxylation is 1. The van der Waals surface area contributed by atoms with Crippen molar-refractivity contribution in [3.05, 3.63) is 88.4 Å². The molecule has 9 heteroatoms. The molecule has 0 bridgehead atoms. The Morgan fingerprint density at radius 3 is 2.58 bits per heavy atom. The van der Waals surface area contributed by atoms with Gasteiger partial charge in [0.2, 0.25) is 0 Å². The Labute approximate surface area is 192 Å². The number of rotatable bonds is 7. The van der Waals surface area contributed by atoms with E-state index in [4.69, 9.17) is 5.73 Å². The molecule has 0 saturated carbocycles. The van der Waals surface area contributed by atoms with E-state index in [1.165, 1.54) is 17.4 Å². The van der Waals surface area contributed by atoms with Crippen molar-refractivity contribution in [2.75, 3.05) is 5.32 Å². The lowest BCUT2D eigenvalue weighted by molar-refractivity contribution is -0.137. The molecule has 0 aliphatic heterocycles. The monoisotopic (exact) mass is 470 g/mol. The number of halogens is 3. The van der Waals surface area contributed by atoms with Crippen molar-refractivity contribution in [1.82, 2.24) is 9.55 Å². The number of carbonyl (C=O) groups is 1. The topological polar surface area (TPSA) is 72.9 Å². The molecular weight excluding hydrogens is 449 g/mol. The van der Waals surface area contributed by atoms with Crippen LogP contribution in [-0.4, -0.2) is 15.5 Å². The van der Waals surface area contributed by atoms with E-state index >= 15 is 0 Å². The number of benzene rings is 2. The van der Waals surface area contributed by atoms with Gasteiger partial charge < -0.3 is 15.6 Å². The number of aromatic nitrogens is 2. The number of anilines is 2. The van der Waals surface area contributed by atoms with Crippen molar-refractivity contribution in [3.63, 3.8) is 0 Å². The minimum atomic E-state index is -4.42. The molecule has 4 rings (SSSR count). The van der Waals surface area contributed by atoms with Crippen LogP contribution in [0.25, 0.3) is 11.4 Å². The summed E-state index contributed by atoms with van der Waals surface area (Å²) in [5, 5.41) is 5.18. The van der Waals surface area contributed by atoms with Gasteiger partial charge >= 0.3 is 6.18 Å². The van der Waals surface area contributed by atoms with E-state index in [1.54, 1.807) is 17.5 Å². The summed E-state index contributed by atoms with van der Waals surface area (Å²) in [4.78, 5) is 16.5. The number of hydrogen-bond donors (Lipinski definition) is 2. The molecule has 2 heterocycles. The molecule has 4 aromatic rings. The molecule has 1 amide bonds. The van der Waals surface area contributed by atoms with E-state index in [0.29, 0.717) is 28.6 Å². The van der Waals surface area contributed by atoms with E-state index in [9.17, 15) is 18.0 Å². The van der Waals surface area contributed by atoms with Crippen LogP contribution in [0.3, 0.4) is 0 Å². The fraction of sp³-hybridized carbons (Fsp3) is 0.167. The molecular formula is C24H21F3N4OS. The summed E-state index contributed by atoms with van der Waals surface area (Å²) in [6.45, 7) is 2.45. The molecule has 3 N–H and O–H groups in total. The first-order valence-electron chi connectivity index (χ1n) is 10.2. The van der Waals surface area contributed by atoms with Crippen LogP contribution in [0.1, 0.15) is 27.2 Å². The predicted octanol–water partition coefficient (Wildman–Crippen LogP) is 6.02. The molecule has 33 heavy (non-hydrogen) atoms. The first kappa shape index (κ1) is 22.6. The highest BCUT2D eigenvalue weighted by Crippen LogP contribution is 2.33. The first-order chi connectivity index (χ1) is 15.7. The highest BCUT2D eigenvalue weighted by molar-refractivity contribution is 7.14. The van der Waals surface area contributed by atoms with E-state index in [-0.39, 0.29) is 0 Å². The van der Waals surface area contributed by atoms with E-state index in [2.05, 4.69) is 10.3 Å². The number of carbonyl (C=O) groups excluding carboxylic acids is 1. The van der Waals surface area contributed by atoms with Crippen LogP contribution in [0.15, 0.2) is 66.0 Å². The predicted molar refractivity (Wildman–Crippen MR) is 124 cm³/mol. The van der Waals surface area contributed by atoms with Crippen molar-refractivity contribution in [1.29, 1.82) is 0 Å². The number of nitrogens with zero attached hydrogens (tertiary/aromatic N) is 2. The lowest BCUT2D eigenvalue weighted by Crippen LogP contribution is -2.13. The van der Waals surface area contributed by atoms with Gasteiger partial charge in [0.1, 0.15) is 0 Å². The third kappa shape index (κ3) is 5.09. The average Bonchev–Trinajstić information content (AvgIpc) is 3.37. The Bertz CT molecular complexity index is 1280. The van der Waals surface area contributed by atoms with E-state index < -0.39 is 17.6 Å². The number of nitrogens with two attached hydrogens (primary N) is 1. The van der Waals surface area contributed by atoms with Crippen LogP contribution in [0, 0.1) is 6.92 Å². The van der Waals surface area contributed by atoms with Gasteiger partial charge in [0, 0.05) is 23.3 Å². The van der Waals surface area contributed by atoms with Gasteiger partial charge in [0.25, 0.3) is 5.91 Å². The smallest absolute Gasteiger partial charge is 0.366 e. The Kier molecular flexibility index (Phi) is 6.24. The Balaban J connectivity index is 1.62. The summed E-state index contributed by atoms with van der Waals surface area (Å²) in [6, 6.07) is 16.6. The van der Waals surface area contributed by atoms with Crippen LogP contribution < -0.4 is 11.1 Å². The van der Waals surface area contributed by atoms with Gasteiger partial charge in [0.05, 0.1) is 22.5 Å². The van der Waals surface area contributed by atoms with Crippen molar-refractivity contribution in [2.45, 2.75) is 26.1 Å². The maximum atomic E-state index is 13.0. The number of alkyl halides is 3. The molecule has 0 unspecified atom stereocenters. The Morgan fingerprint density at radius 2 is 1.88 bits per heavy atom. The fourth-order valence-electron chi connectivity index (χ4n) is 3.63. The quantitative estimate of drug-likeness (QED) is 0.347. The lowest BCUT2D eigenvalue weighted by atomic mass is 10.1. The van der Waals surface area contributed by atoms with Crippen LogP contribution in [0.2, 0.25) is 0 Å². The van der Waals surface area contributed by atoms with Gasteiger partial charge in [-0.15, -0.1) is 11.3 Å². The van der Waals surface area contributed by atoms with Gasteiger partial charge in [0.15, 0.2) is 5.13 Å². The number of nitrogens with one attached hydrogen (secondary N) is 1. The number of amides is 1. The second-order valence-corrected chi connectivity index (χ2v) is 8.38. The summed E-state index contributed by atoms with van der Waals surface area (Å²) in [7, 11) is 0. The summed E-state index contributed by atoms with van der Waals surface area (Å²) in [6.07, 6.45) is -3.67. The summed E-state index contributed by atoms with van der Waals surface area (Å²) in [5.41, 5.74) is 8.77. The molecule has 0 spiro atoms. The second kappa shape index (κ2) is 9.11. The molecule has 0 saturated heterocycles. The lowest BCUT2D eigenvalue weighted by Gasteiger charge is -2.11. The minimum absolute atomic E-state index is 0.291. The summed E-state index contributed by atoms with van der Waals surface area (Å²) < 4.78 is 41.0. The zero-order valence-electron chi connectivity index (χ0n) is 17.7. The van der Waals surface area contributed by atoms with E-state index in [1.807, 2.05) is 41.8 Å². The molecule has 2 aromatic carbocycles. The number of thiazole rings is 1. The van der Waals surface area contributed by atoms with Gasteiger partial charge in [-0.2, -0.15) is 13.2 Å². The fourth-order valence-corrected chi connectivity index (χ4v) is 4.35. The van der Waals surface area contributed by atoms with Gasteiger partial charge in [-0.25, -0.2) is 4.98 Å². The molecule has 2 aromatic heterocycles. The first-order valence-corrected chi connectivity index (χ1v) is 11.0. The molecule has 0 radical (unpaired) electrons. The van der Waals surface area contributed by atoms with Gasteiger partial charge in [-0.3, -0.25) is 4.79 Å². The third-order valence-corrected chi connectivity index (χ3v) is 6.06. The Morgan fingerprint density at radius 1 is 1.12 bits per heavy atom. The summed E-state index contributed by atoms with van der Waals surface area (Å²) in [5.74, 6) is -0.523. The zero-order chi connectivity index (χ0) is 23.6. The number of primary amides is 1. The molecule has 0 aliphatic carbocycles. The maximum absolute atomic E-state index is 13.0. The standard InChI is InChI=1S/C24H21F3N4OS/c1-15-19(22(28)32)13-21(31(15)11-10-16-6-3-2-4-7-16)20-14-33-23(30-20)29-18-9-5-8-17(12-18)24(25,26)27/h2-9,12-14H,10-11H2,1H3,(H2,28,32)(H,29,30). The van der Waals surface area contributed by atoms with Crippen molar-refractivity contribution in [3.8, 4) is 11.4 Å². The average molecular weight is 471 g/mol. The SMILES string of the molecule is Cc1c(C(N)=O)cc(-c2csc(Nc3cccc(C(F)(F)F)c3)n2)n1CCc1ccccc1. The van der Waals surface area contributed by atoms with Gasteiger partial charge in [-0.1, -0.05) is 36.4 Å². The molecule has 170 valence electrons. The maximum Gasteiger partial charge on any atom is 0.416 e. The zero-order valence-corrected chi connectivity index (χ0v) is 18.5. The van der Waals surface area contributed by atoms with Crippen molar-refractivity contribution >= 4 is 28.1 Å². The molecule has 0 atom stereocenters. The van der Waals surface area contributed by atoms with Crippen molar-refractivity contribution in [2.24, 2.45) is 5.73 Å². The van der Waals surface area contributed by atoms with E-state index in [0.717, 1.165) is 35.5 Å². The number of hydrogen-bond acceptors (Lipinski definition) is 4. The van der Waals surface area contributed by atoms with Crippen LogP contribution in [-0.2, 0) is 19.1 Å². The highest BCUT2D eigenvalue weighted by atomic mass is 32.1. The highest BCUT2D eigenvalue weighted by Gasteiger charge is 2.30. The van der Waals surface area contributed by atoms with Crippen LogP contribution >= 0.6 is 11.3 Å². The molecule has 5 nitrogen and oxygen atoms in total. The largest absolute Gasteiger partial charge is 0.416 e. The van der Waals surface area contributed by atoms with Crippen LogP contribution in [0.4, 0.5) is 24.0 Å². The normalized spacial score (nSPS) is 11.5.